The molecule has 0 radical (unpaired) electrons. The zero-order valence-electron chi connectivity index (χ0n) is 9.75. The van der Waals surface area contributed by atoms with E-state index in [1.165, 1.54) is 12.6 Å². The van der Waals surface area contributed by atoms with Crippen LogP contribution in [0.15, 0.2) is 6.20 Å². The predicted octanol–water partition coefficient (Wildman–Crippen LogP) is 2.81. The molecular formula is C11H14Cl2N4O. The SMILES string of the molecule is O=C(NNc1nc(Cl)ncc1Cl)C1CCCCC1. The lowest BCUT2D eigenvalue weighted by atomic mass is 9.89. The molecule has 1 heterocycles. The number of carbonyl (C=O) groups is 1. The predicted molar refractivity (Wildman–Crippen MR) is 70.4 cm³/mol. The van der Waals surface area contributed by atoms with Gasteiger partial charge in [0.15, 0.2) is 5.82 Å². The van der Waals surface area contributed by atoms with Gasteiger partial charge in [0.2, 0.25) is 11.2 Å². The highest BCUT2D eigenvalue weighted by molar-refractivity contribution is 6.33. The standard InChI is InChI=1S/C11H14Cl2N4O/c12-8-6-14-11(13)15-9(8)16-17-10(18)7-4-2-1-3-5-7/h6-7H,1-5H2,(H,17,18)(H,14,15,16). The van der Waals surface area contributed by atoms with Gasteiger partial charge in [0.05, 0.1) is 6.20 Å². The lowest BCUT2D eigenvalue weighted by molar-refractivity contribution is -0.125. The zero-order valence-corrected chi connectivity index (χ0v) is 11.3. The monoisotopic (exact) mass is 288 g/mol. The Balaban J connectivity index is 1.90. The van der Waals surface area contributed by atoms with E-state index in [2.05, 4.69) is 20.8 Å². The van der Waals surface area contributed by atoms with Crippen molar-refractivity contribution in [3.8, 4) is 0 Å². The Morgan fingerprint density at radius 2 is 2.00 bits per heavy atom. The van der Waals surface area contributed by atoms with Gasteiger partial charge in [-0.25, -0.2) is 4.98 Å². The van der Waals surface area contributed by atoms with Crippen LogP contribution in [0.2, 0.25) is 10.3 Å². The molecule has 1 fully saturated rings. The van der Waals surface area contributed by atoms with Gasteiger partial charge in [-0.3, -0.25) is 15.6 Å². The average molecular weight is 289 g/mol. The minimum atomic E-state index is -0.0273. The molecule has 0 unspecified atom stereocenters. The second-order valence-electron chi connectivity index (χ2n) is 4.28. The molecular weight excluding hydrogens is 275 g/mol. The Labute approximate surface area is 115 Å². The average Bonchev–Trinajstić information content (AvgIpc) is 2.40. The quantitative estimate of drug-likeness (QED) is 0.663. The van der Waals surface area contributed by atoms with Gasteiger partial charge in [0.1, 0.15) is 5.02 Å². The molecule has 18 heavy (non-hydrogen) atoms. The van der Waals surface area contributed by atoms with Gasteiger partial charge in [-0.1, -0.05) is 30.9 Å². The van der Waals surface area contributed by atoms with Gasteiger partial charge in [-0.15, -0.1) is 0 Å². The Kier molecular flexibility index (Phi) is 4.60. The van der Waals surface area contributed by atoms with E-state index in [4.69, 9.17) is 23.2 Å². The summed E-state index contributed by atoms with van der Waals surface area (Å²) in [4.78, 5) is 19.5. The van der Waals surface area contributed by atoms with Crippen LogP contribution in [0.1, 0.15) is 32.1 Å². The maximum atomic E-state index is 11.9. The topological polar surface area (TPSA) is 66.9 Å². The fourth-order valence-corrected chi connectivity index (χ4v) is 2.29. The number of nitrogens with zero attached hydrogens (tertiary/aromatic N) is 2. The smallest absolute Gasteiger partial charge is 0.241 e. The van der Waals surface area contributed by atoms with Crippen molar-refractivity contribution in [2.75, 3.05) is 5.43 Å². The summed E-state index contributed by atoms with van der Waals surface area (Å²) < 4.78 is 0. The van der Waals surface area contributed by atoms with Crippen LogP contribution >= 0.6 is 23.2 Å². The number of rotatable bonds is 3. The molecule has 2 N–H and O–H groups in total. The summed E-state index contributed by atoms with van der Waals surface area (Å²) in [5, 5.41) is 0.386. The molecule has 1 aliphatic rings. The largest absolute Gasteiger partial charge is 0.280 e. The lowest BCUT2D eigenvalue weighted by Gasteiger charge is -2.21. The summed E-state index contributed by atoms with van der Waals surface area (Å²) in [6, 6.07) is 0. The summed E-state index contributed by atoms with van der Waals surface area (Å²) in [6.45, 7) is 0. The number of nitrogens with one attached hydrogen (secondary N) is 2. The van der Waals surface area contributed by atoms with Gasteiger partial charge in [0.25, 0.3) is 0 Å². The van der Waals surface area contributed by atoms with Crippen LogP contribution < -0.4 is 10.9 Å². The lowest BCUT2D eigenvalue weighted by Crippen LogP contribution is -2.36. The molecule has 0 atom stereocenters. The number of aromatic nitrogens is 2. The fraction of sp³-hybridized carbons (Fsp3) is 0.545. The third-order valence-electron chi connectivity index (χ3n) is 2.99. The summed E-state index contributed by atoms with van der Waals surface area (Å²) in [7, 11) is 0. The van der Waals surface area contributed by atoms with Gasteiger partial charge in [-0.2, -0.15) is 4.98 Å². The van der Waals surface area contributed by atoms with Crippen LogP contribution in [-0.2, 0) is 4.79 Å². The van der Waals surface area contributed by atoms with Crippen molar-refractivity contribution in [2.45, 2.75) is 32.1 Å². The van der Waals surface area contributed by atoms with Gasteiger partial charge >= 0.3 is 0 Å². The number of hydrazine groups is 1. The number of carbonyl (C=O) groups excluding carboxylic acids is 1. The second-order valence-corrected chi connectivity index (χ2v) is 5.03. The first-order valence-electron chi connectivity index (χ1n) is 5.90. The van der Waals surface area contributed by atoms with Crippen LogP contribution in [0.25, 0.3) is 0 Å². The Bertz CT molecular complexity index is 435. The van der Waals surface area contributed by atoms with Gasteiger partial charge < -0.3 is 0 Å². The minimum absolute atomic E-state index is 0.0273. The fourth-order valence-electron chi connectivity index (χ4n) is 2.02. The molecule has 1 saturated carbocycles. The van der Waals surface area contributed by atoms with E-state index in [0.717, 1.165) is 25.7 Å². The van der Waals surface area contributed by atoms with E-state index < -0.39 is 0 Å². The molecule has 7 heteroatoms. The zero-order chi connectivity index (χ0) is 13.0. The van der Waals surface area contributed by atoms with Crippen LogP contribution in [0.4, 0.5) is 5.82 Å². The Morgan fingerprint density at radius 3 is 2.72 bits per heavy atom. The minimum Gasteiger partial charge on any atom is -0.280 e. The highest BCUT2D eigenvalue weighted by atomic mass is 35.5. The van der Waals surface area contributed by atoms with Crippen molar-refractivity contribution in [3.05, 3.63) is 16.5 Å². The molecule has 2 rings (SSSR count). The molecule has 0 saturated heterocycles. The number of hydrogen-bond acceptors (Lipinski definition) is 4. The van der Waals surface area contributed by atoms with Gasteiger partial charge in [0, 0.05) is 5.92 Å². The first-order chi connectivity index (χ1) is 8.66. The summed E-state index contributed by atoms with van der Waals surface area (Å²) in [6.07, 6.45) is 6.68. The van der Waals surface area contributed by atoms with E-state index >= 15 is 0 Å². The molecule has 0 aromatic carbocycles. The normalized spacial score (nSPS) is 16.3. The van der Waals surface area contributed by atoms with Crippen LogP contribution in [0.5, 0.6) is 0 Å². The van der Waals surface area contributed by atoms with Crippen molar-refractivity contribution in [1.82, 2.24) is 15.4 Å². The van der Waals surface area contributed by atoms with E-state index in [9.17, 15) is 4.79 Å². The van der Waals surface area contributed by atoms with Crippen molar-refractivity contribution in [3.63, 3.8) is 0 Å². The number of halogens is 2. The number of amides is 1. The molecule has 1 aliphatic carbocycles. The molecule has 1 aromatic heterocycles. The maximum absolute atomic E-state index is 11.9. The van der Waals surface area contributed by atoms with Crippen LogP contribution in [0, 0.1) is 5.92 Å². The molecule has 1 aromatic rings. The van der Waals surface area contributed by atoms with Crippen molar-refractivity contribution < 1.29 is 4.79 Å². The second kappa shape index (κ2) is 6.20. The summed E-state index contributed by atoms with van der Waals surface area (Å²) in [5.74, 6) is 0.351. The van der Waals surface area contributed by atoms with E-state index in [-0.39, 0.29) is 17.1 Å². The molecule has 0 bridgehead atoms. The number of anilines is 1. The number of hydrogen-bond donors (Lipinski definition) is 2. The Hall–Kier alpha value is -1.07. The van der Waals surface area contributed by atoms with E-state index in [1.807, 2.05) is 0 Å². The molecule has 5 nitrogen and oxygen atoms in total. The van der Waals surface area contributed by atoms with Crippen LogP contribution in [-0.4, -0.2) is 15.9 Å². The van der Waals surface area contributed by atoms with E-state index in [1.54, 1.807) is 0 Å². The first kappa shape index (κ1) is 13.4. The summed E-state index contributed by atoms with van der Waals surface area (Å²) >= 11 is 11.5. The third-order valence-corrected chi connectivity index (χ3v) is 3.45. The van der Waals surface area contributed by atoms with Crippen molar-refractivity contribution >= 4 is 34.9 Å². The van der Waals surface area contributed by atoms with E-state index in [0.29, 0.717) is 10.8 Å². The van der Waals surface area contributed by atoms with Crippen molar-refractivity contribution in [1.29, 1.82) is 0 Å². The van der Waals surface area contributed by atoms with Crippen molar-refractivity contribution in [2.24, 2.45) is 5.92 Å². The highest BCUT2D eigenvalue weighted by Crippen LogP contribution is 2.24. The van der Waals surface area contributed by atoms with Crippen LogP contribution in [0.3, 0.4) is 0 Å². The molecule has 0 aliphatic heterocycles. The maximum Gasteiger partial charge on any atom is 0.241 e. The Morgan fingerprint density at radius 1 is 1.28 bits per heavy atom. The first-order valence-corrected chi connectivity index (χ1v) is 6.66. The molecule has 0 spiro atoms. The third kappa shape index (κ3) is 3.46. The highest BCUT2D eigenvalue weighted by Gasteiger charge is 2.21. The molecule has 1 amide bonds. The summed E-state index contributed by atoms with van der Waals surface area (Å²) in [5.41, 5.74) is 5.30. The molecule has 98 valence electrons. The van der Waals surface area contributed by atoms with Gasteiger partial charge in [-0.05, 0) is 24.4 Å².